The van der Waals surface area contributed by atoms with Crippen LogP contribution in [0.4, 0.5) is 32.0 Å². The standard InChI is InChI=1S/C31H32BF6NO7/c1-2-3-16(8-21-5-6-22(15-41)45-21)4-7-25-26-17(14-40)9-23-27(24(26)13-32(44)46-25)29(43)39(28(23)42)20-11-18(30(33,34)35)10-19(12-20)31(36,37)38/h5-6,8,10-12,23-25,27,40-41,44H,2-4,7,9,13-15H2,1H3/b16-8+/t23-,24+,25-,27-/m1/s1. The van der Waals surface area contributed by atoms with Crippen molar-refractivity contribution < 1.29 is 60.2 Å². The summed E-state index contributed by atoms with van der Waals surface area (Å²) in [6, 6.07) is 3.96. The average Bonchev–Trinajstić information content (AvgIpc) is 3.55. The first-order valence-corrected chi connectivity index (χ1v) is 14.9. The van der Waals surface area contributed by atoms with Gasteiger partial charge in [0.25, 0.3) is 0 Å². The summed E-state index contributed by atoms with van der Waals surface area (Å²) < 4.78 is 92.9. The van der Waals surface area contributed by atoms with E-state index in [-0.39, 0.29) is 25.4 Å². The zero-order chi connectivity index (χ0) is 33.6. The monoisotopic (exact) mass is 655 g/mol. The lowest BCUT2D eigenvalue weighted by Crippen LogP contribution is -2.46. The van der Waals surface area contributed by atoms with Crippen molar-refractivity contribution in [3.05, 3.63) is 69.7 Å². The molecule has 1 aromatic heterocycles. The first-order valence-electron chi connectivity index (χ1n) is 14.9. The molecule has 3 N–H and O–H groups in total. The molecule has 0 radical (unpaired) electrons. The van der Waals surface area contributed by atoms with Crippen molar-refractivity contribution in [1.29, 1.82) is 0 Å². The zero-order valence-electron chi connectivity index (χ0n) is 24.7. The zero-order valence-corrected chi connectivity index (χ0v) is 24.7. The van der Waals surface area contributed by atoms with Crippen LogP contribution in [0.2, 0.25) is 6.32 Å². The quantitative estimate of drug-likeness (QED) is 0.136. The number of allylic oxidation sites excluding steroid dienone is 1. The highest BCUT2D eigenvalue weighted by Gasteiger charge is 2.58. The molecule has 1 aromatic carbocycles. The van der Waals surface area contributed by atoms with E-state index in [9.17, 15) is 51.2 Å². The second-order valence-electron chi connectivity index (χ2n) is 11.8. The molecule has 3 heterocycles. The fraction of sp³-hybridized carbons (Fsp3) is 0.484. The normalized spacial score (nSPS) is 24.2. The number of fused-ring (bicyclic) bond motifs is 3. The number of rotatable bonds is 9. The summed E-state index contributed by atoms with van der Waals surface area (Å²) in [5, 5.41) is 30.3. The van der Waals surface area contributed by atoms with Crippen LogP contribution in [0, 0.1) is 17.8 Å². The Morgan fingerprint density at radius 2 is 1.65 bits per heavy atom. The molecule has 46 heavy (non-hydrogen) atoms. The van der Waals surface area contributed by atoms with Crippen LogP contribution < -0.4 is 4.90 Å². The number of hydrogen-bond acceptors (Lipinski definition) is 7. The number of aliphatic hydroxyl groups excluding tert-OH is 2. The highest BCUT2D eigenvalue weighted by Crippen LogP contribution is 2.52. The number of nitrogens with zero attached hydrogens (tertiary/aromatic N) is 1. The van der Waals surface area contributed by atoms with Crippen LogP contribution in [0.1, 0.15) is 61.7 Å². The molecule has 0 saturated carbocycles. The Kier molecular flexibility index (Phi) is 9.61. The molecule has 0 bridgehead atoms. The minimum absolute atomic E-state index is 0.0801. The topological polar surface area (TPSA) is 120 Å². The third-order valence-electron chi connectivity index (χ3n) is 8.81. The summed E-state index contributed by atoms with van der Waals surface area (Å²) in [7, 11) is -1.38. The van der Waals surface area contributed by atoms with Gasteiger partial charge in [-0.05, 0) is 85.5 Å². The second kappa shape index (κ2) is 13.0. The number of hydrogen-bond donors (Lipinski definition) is 3. The molecule has 2 amide bonds. The Morgan fingerprint density at radius 1 is 0.978 bits per heavy atom. The molecule has 2 aromatic rings. The van der Waals surface area contributed by atoms with Crippen molar-refractivity contribution in [3.8, 4) is 0 Å². The largest absolute Gasteiger partial charge is 0.459 e. The number of alkyl halides is 6. The number of furan rings is 1. The molecule has 1 aliphatic carbocycles. The molecule has 248 valence electrons. The minimum Gasteiger partial charge on any atom is -0.459 e. The maximum atomic E-state index is 13.8. The fourth-order valence-electron chi connectivity index (χ4n) is 6.90. The van der Waals surface area contributed by atoms with Crippen molar-refractivity contribution in [2.24, 2.45) is 17.8 Å². The number of carbonyl (C=O) groups excluding carboxylic acids is 2. The highest BCUT2D eigenvalue weighted by atomic mass is 19.4. The number of anilines is 1. The van der Waals surface area contributed by atoms with E-state index in [0.29, 0.717) is 59.0 Å². The molecule has 15 heteroatoms. The summed E-state index contributed by atoms with van der Waals surface area (Å²) in [4.78, 5) is 27.8. The second-order valence-corrected chi connectivity index (χ2v) is 11.8. The van der Waals surface area contributed by atoms with Gasteiger partial charge in [-0.1, -0.05) is 18.9 Å². The Labute approximate surface area is 260 Å². The predicted molar refractivity (Wildman–Crippen MR) is 153 cm³/mol. The van der Waals surface area contributed by atoms with Crippen LogP contribution in [0.25, 0.3) is 6.08 Å². The fourth-order valence-corrected chi connectivity index (χ4v) is 6.90. The summed E-state index contributed by atoms with van der Waals surface area (Å²) in [6.07, 6.45) is -7.40. The smallest absolute Gasteiger partial charge is 0.455 e. The molecule has 5 rings (SSSR count). The van der Waals surface area contributed by atoms with Gasteiger partial charge in [0.15, 0.2) is 0 Å². The van der Waals surface area contributed by atoms with Crippen LogP contribution in [0.15, 0.2) is 51.5 Å². The third-order valence-corrected chi connectivity index (χ3v) is 8.81. The summed E-state index contributed by atoms with van der Waals surface area (Å²) in [5.41, 5.74) is -2.33. The number of imide groups is 1. The molecular weight excluding hydrogens is 623 g/mol. The predicted octanol–water partition coefficient (Wildman–Crippen LogP) is 5.77. The Balaban J connectivity index is 1.46. The Morgan fingerprint density at radius 3 is 2.22 bits per heavy atom. The van der Waals surface area contributed by atoms with E-state index in [1.165, 1.54) is 0 Å². The number of aliphatic hydroxyl groups is 2. The molecule has 8 nitrogen and oxygen atoms in total. The lowest BCUT2D eigenvalue weighted by Gasteiger charge is -2.43. The molecule has 3 aliphatic rings. The third kappa shape index (κ3) is 6.69. The molecule has 2 saturated heterocycles. The van der Waals surface area contributed by atoms with E-state index in [2.05, 4.69) is 0 Å². The van der Waals surface area contributed by atoms with Crippen LogP contribution >= 0.6 is 0 Å². The van der Waals surface area contributed by atoms with Gasteiger partial charge in [0.05, 0.1) is 41.4 Å². The molecule has 0 unspecified atom stereocenters. The first-order chi connectivity index (χ1) is 21.7. The van der Waals surface area contributed by atoms with Gasteiger partial charge in [0.2, 0.25) is 11.8 Å². The molecule has 2 fully saturated rings. The Bertz CT molecular complexity index is 1520. The maximum Gasteiger partial charge on any atom is 0.455 e. The molecular formula is C31H32BF6NO7. The van der Waals surface area contributed by atoms with Crippen molar-refractivity contribution in [1.82, 2.24) is 0 Å². The van der Waals surface area contributed by atoms with Crippen molar-refractivity contribution >= 4 is 30.7 Å². The van der Waals surface area contributed by atoms with E-state index < -0.39 is 78.6 Å². The lowest BCUT2D eigenvalue weighted by atomic mass is 9.58. The van der Waals surface area contributed by atoms with Crippen molar-refractivity contribution in [3.63, 3.8) is 0 Å². The minimum atomic E-state index is -5.19. The van der Waals surface area contributed by atoms with E-state index in [4.69, 9.17) is 9.07 Å². The van der Waals surface area contributed by atoms with Crippen LogP contribution in [-0.4, -0.2) is 46.9 Å². The average molecular weight is 655 g/mol. The van der Waals surface area contributed by atoms with Crippen molar-refractivity contribution in [2.45, 2.75) is 70.4 Å². The Hall–Kier alpha value is -3.40. The van der Waals surface area contributed by atoms with Crippen molar-refractivity contribution in [2.75, 3.05) is 11.5 Å². The van der Waals surface area contributed by atoms with Gasteiger partial charge < -0.3 is 24.3 Å². The number of carbonyl (C=O) groups is 2. The summed E-state index contributed by atoms with van der Waals surface area (Å²) in [5.74, 6) is -4.22. The van der Waals surface area contributed by atoms with Gasteiger partial charge in [-0.2, -0.15) is 26.3 Å². The first kappa shape index (κ1) is 34.0. The van der Waals surface area contributed by atoms with E-state index in [1.807, 2.05) is 13.0 Å². The number of halogens is 6. The molecule has 0 spiro atoms. The maximum absolute atomic E-state index is 13.8. The highest BCUT2D eigenvalue weighted by molar-refractivity contribution is 6.43. The number of benzene rings is 1. The van der Waals surface area contributed by atoms with E-state index >= 15 is 0 Å². The van der Waals surface area contributed by atoms with Crippen LogP contribution in [0.5, 0.6) is 0 Å². The van der Waals surface area contributed by atoms with Gasteiger partial charge in [-0.25, -0.2) is 4.90 Å². The van der Waals surface area contributed by atoms with Crippen LogP contribution in [-0.2, 0) is 33.2 Å². The molecule has 2 aliphatic heterocycles. The van der Waals surface area contributed by atoms with E-state index in [1.54, 1.807) is 12.1 Å². The number of amides is 2. The summed E-state index contributed by atoms with van der Waals surface area (Å²) >= 11 is 0. The van der Waals surface area contributed by atoms with Gasteiger partial charge in [-0.3, -0.25) is 9.59 Å². The van der Waals surface area contributed by atoms with E-state index in [0.717, 1.165) is 12.0 Å². The van der Waals surface area contributed by atoms with Gasteiger partial charge >= 0.3 is 19.5 Å². The molecule has 4 atom stereocenters. The van der Waals surface area contributed by atoms with Gasteiger partial charge in [-0.15, -0.1) is 0 Å². The van der Waals surface area contributed by atoms with Gasteiger partial charge in [0.1, 0.15) is 18.1 Å². The lowest BCUT2D eigenvalue weighted by molar-refractivity contribution is -0.143. The van der Waals surface area contributed by atoms with Crippen LogP contribution in [0.3, 0.4) is 0 Å². The summed E-state index contributed by atoms with van der Waals surface area (Å²) in [6.45, 7) is 1.20. The SMILES string of the molecule is CCC/C(=C\c1ccc(CO)o1)CC[C@H]1OB(O)C[C@H]2C1=C(CO)C[C@H]1C(=O)N(c3cc(C(F)(F)F)cc(C(F)(F)F)c3)C(=O)[C@H]12. The van der Waals surface area contributed by atoms with Gasteiger partial charge in [0, 0.05) is 0 Å².